The van der Waals surface area contributed by atoms with Gasteiger partial charge in [0.2, 0.25) is 0 Å². The Bertz CT molecular complexity index is 647. The number of benzene rings is 1. The van der Waals surface area contributed by atoms with Crippen molar-refractivity contribution in [2.75, 3.05) is 26.7 Å². The standard InChI is InChI=1S/C15H17N3O3.ClH/c1-9-8-16-5-6-18(9)13(19)10-3-4-11-12(7-10)15(21)17(2)14(11)20;/h3-4,7,9,16H,5-6,8H2,1-2H3;1H. The summed E-state index contributed by atoms with van der Waals surface area (Å²) in [5.41, 5.74) is 1.14. The van der Waals surface area contributed by atoms with Crippen LogP contribution in [-0.4, -0.2) is 60.2 Å². The Morgan fingerprint density at radius 2 is 1.91 bits per heavy atom. The lowest BCUT2D eigenvalue weighted by molar-refractivity contribution is 0.0654. The fourth-order valence-corrected chi connectivity index (χ4v) is 2.80. The molecule has 3 rings (SSSR count). The summed E-state index contributed by atoms with van der Waals surface area (Å²) in [5, 5.41) is 3.23. The highest BCUT2D eigenvalue weighted by Crippen LogP contribution is 2.23. The lowest BCUT2D eigenvalue weighted by atomic mass is 10.0. The number of piperazine rings is 1. The Kier molecular flexibility index (Phi) is 4.53. The molecule has 2 aliphatic rings. The molecule has 118 valence electrons. The first-order valence-corrected chi connectivity index (χ1v) is 6.99. The minimum atomic E-state index is -0.349. The number of nitrogens with one attached hydrogen (secondary N) is 1. The predicted octanol–water partition coefficient (Wildman–Crippen LogP) is 0.768. The Morgan fingerprint density at radius 3 is 2.59 bits per heavy atom. The van der Waals surface area contributed by atoms with Gasteiger partial charge in [-0.25, -0.2) is 0 Å². The predicted molar refractivity (Wildman–Crippen MR) is 83.5 cm³/mol. The van der Waals surface area contributed by atoms with E-state index < -0.39 is 0 Å². The van der Waals surface area contributed by atoms with Crippen LogP contribution in [0.1, 0.15) is 38.0 Å². The summed E-state index contributed by atoms with van der Waals surface area (Å²) in [4.78, 5) is 39.3. The molecule has 0 radical (unpaired) electrons. The summed E-state index contributed by atoms with van der Waals surface area (Å²) in [6.07, 6.45) is 0. The summed E-state index contributed by atoms with van der Waals surface area (Å²) in [5.74, 6) is -0.760. The van der Waals surface area contributed by atoms with Gasteiger partial charge < -0.3 is 10.2 Å². The molecule has 1 saturated heterocycles. The van der Waals surface area contributed by atoms with E-state index in [1.54, 1.807) is 17.0 Å². The molecule has 1 atom stereocenters. The largest absolute Gasteiger partial charge is 0.333 e. The Balaban J connectivity index is 0.00000176. The second-order valence-corrected chi connectivity index (χ2v) is 5.48. The third kappa shape index (κ3) is 2.48. The van der Waals surface area contributed by atoms with E-state index in [-0.39, 0.29) is 36.2 Å². The molecule has 6 nitrogen and oxygen atoms in total. The number of hydrogen-bond donors (Lipinski definition) is 1. The number of amides is 3. The second-order valence-electron chi connectivity index (χ2n) is 5.48. The van der Waals surface area contributed by atoms with Gasteiger partial charge in [-0.3, -0.25) is 19.3 Å². The van der Waals surface area contributed by atoms with Crippen molar-refractivity contribution in [2.24, 2.45) is 0 Å². The van der Waals surface area contributed by atoms with Gasteiger partial charge in [-0.15, -0.1) is 12.4 Å². The van der Waals surface area contributed by atoms with Crippen LogP contribution in [0.5, 0.6) is 0 Å². The topological polar surface area (TPSA) is 69.7 Å². The highest BCUT2D eigenvalue weighted by molar-refractivity contribution is 6.21. The van der Waals surface area contributed by atoms with Crippen LogP contribution in [0.4, 0.5) is 0 Å². The summed E-state index contributed by atoms with van der Waals surface area (Å²) in [7, 11) is 1.45. The molecule has 3 amide bonds. The van der Waals surface area contributed by atoms with Crippen molar-refractivity contribution in [3.8, 4) is 0 Å². The fraction of sp³-hybridized carbons (Fsp3) is 0.400. The molecular weight excluding hydrogens is 306 g/mol. The molecule has 0 bridgehead atoms. The van der Waals surface area contributed by atoms with Gasteiger partial charge in [-0.05, 0) is 25.1 Å². The molecule has 0 aromatic heterocycles. The number of rotatable bonds is 1. The Labute approximate surface area is 134 Å². The molecule has 0 spiro atoms. The lowest BCUT2D eigenvalue weighted by Crippen LogP contribution is -2.52. The number of carbonyl (C=O) groups is 3. The number of imide groups is 1. The molecule has 1 aromatic carbocycles. The van der Waals surface area contributed by atoms with E-state index in [4.69, 9.17) is 0 Å². The molecule has 1 fully saturated rings. The molecular formula is C15H18ClN3O3. The smallest absolute Gasteiger partial charge is 0.261 e. The third-order valence-corrected chi connectivity index (χ3v) is 4.10. The van der Waals surface area contributed by atoms with Crippen molar-refractivity contribution in [3.63, 3.8) is 0 Å². The number of carbonyl (C=O) groups excluding carboxylic acids is 3. The average molecular weight is 324 g/mol. The van der Waals surface area contributed by atoms with E-state index in [1.165, 1.54) is 13.1 Å². The maximum Gasteiger partial charge on any atom is 0.261 e. The van der Waals surface area contributed by atoms with Crippen molar-refractivity contribution in [1.82, 2.24) is 15.1 Å². The second kappa shape index (κ2) is 6.06. The van der Waals surface area contributed by atoms with Crippen LogP contribution < -0.4 is 5.32 Å². The van der Waals surface area contributed by atoms with Gasteiger partial charge in [0, 0.05) is 38.3 Å². The molecule has 1 N–H and O–H groups in total. The SMILES string of the molecule is CC1CNCCN1C(=O)c1ccc2c(c1)C(=O)N(C)C2=O.Cl. The quantitative estimate of drug-likeness (QED) is 0.775. The Hall–Kier alpha value is -1.92. The first kappa shape index (κ1) is 16.5. The number of nitrogens with zero attached hydrogens (tertiary/aromatic N) is 2. The molecule has 22 heavy (non-hydrogen) atoms. The van der Waals surface area contributed by atoms with Gasteiger partial charge >= 0.3 is 0 Å². The molecule has 1 aromatic rings. The molecule has 1 unspecified atom stereocenters. The number of fused-ring (bicyclic) bond motifs is 1. The van der Waals surface area contributed by atoms with Crippen LogP contribution in [0.15, 0.2) is 18.2 Å². The number of hydrogen-bond acceptors (Lipinski definition) is 4. The van der Waals surface area contributed by atoms with Crippen molar-refractivity contribution < 1.29 is 14.4 Å². The normalized spacial score (nSPS) is 20.7. The van der Waals surface area contributed by atoms with Gasteiger partial charge in [0.25, 0.3) is 17.7 Å². The van der Waals surface area contributed by atoms with Gasteiger partial charge in [0.1, 0.15) is 0 Å². The van der Waals surface area contributed by atoms with E-state index in [2.05, 4.69) is 5.32 Å². The first-order valence-electron chi connectivity index (χ1n) is 6.99. The molecule has 7 heteroatoms. The fourth-order valence-electron chi connectivity index (χ4n) is 2.80. The summed E-state index contributed by atoms with van der Waals surface area (Å²) >= 11 is 0. The zero-order valence-corrected chi connectivity index (χ0v) is 13.3. The minimum absolute atomic E-state index is 0. The van der Waals surface area contributed by atoms with E-state index in [0.29, 0.717) is 23.2 Å². The zero-order valence-electron chi connectivity index (χ0n) is 12.5. The molecule has 2 heterocycles. The minimum Gasteiger partial charge on any atom is -0.333 e. The maximum absolute atomic E-state index is 12.6. The number of halogens is 1. The zero-order chi connectivity index (χ0) is 15.1. The van der Waals surface area contributed by atoms with Crippen LogP contribution in [0.3, 0.4) is 0 Å². The Morgan fingerprint density at radius 1 is 1.23 bits per heavy atom. The van der Waals surface area contributed by atoms with E-state index in [1.807, 2.05) is 6.92 Å². The van der Waals surface area contributed by atoms with E-state index >= 15 is 0 Å². The monoisotopic (exact) mass is 323 g/mol. The van der Waals surface area contributed by atoms with Gasteiger partial charge in [-0.1, -0.05) is 0 Å². The summed E-state index contributed by atoms with van der Waals surface area (Å²) < 4.78 is 0. The molecule has 0 saturated carbocycles. The summed E-state index contributed by atoms with van der Waals surface area (Å²) in [6, 6.07) is 4.84. The molecule has 0 aliphatic carbocycles. The highest BCUT2D eigenvalue weighted by Gasteiger charge is 2.34. The van der Waals surface area contributed by atoms with Gasteiger partial charge in [0.05, 0.1) is 11.1 Å². The van der Waals surface area contributed by atoms with Crippen LogP contribution in [0, 0.1) is 0 Å². The van der Waals surface area contributed by atoms with Crippen LogP contribution in [-0.2, 0) is 0 Å². The average Bonchev–Trinajstić information content (AvgIpc) is 2.71. The van der Waals surface area contributed by atoms with Crippen LogP contribution >= 0.6 is 12.4 Å². The maximum atomic E-state index is 12.6. The summed E-state index contributed by atoms with van der Waals surface area (Å²) in [6.45, 7) is 4.15. The van der Waals surface area contributed by atoms with Crippen molar-refractivity contribution in [1.29, 1.82) is 0 Å². The van der Waals surface area contributed by atoms with E-state index in [9.17, 15) is 14.4 Å². The van der Waals surface area contributed by atoms with Crippen molar-refractivity contribution >= 4 is 30.1 Å². The molecule has 2 aliphatic heterocycles. The van der Waals surface area contributed by atoms with E-state index in [0.717, 1.165) is 18.0 Å². The third-order valence-electron chi connectivity index (χ3n) is 4.10. The van der Waals surface area contributed by atoms with Gasteiger partial charge in [0.15, 0.2) is 0 Å². The van der Waals surface area contributed by atoms with Crippen LogP contribution in [0.2, 0.25) is 0 Å². The first-order chi connectivity index (χ1) is 10.0. The lowest BCUT2D eigenvalue weighted by Gasteiger charge is -2.34. The van der Waals surface area contributed by atoms with Crippen molar-refractivity contribution in [2.45, 2.75) is 13.0 Å². The highest BCUT2D eigenvalue weighted by atomic mass is 35.5. The van der Waals surface area contributed by atoms with Crippen molar-refractivity contribution in [3.05, 3.63) is 34.9 Å². The van der Waals surface area contributed by atoms with Gasteiger partial charge in [-0.2, -0.15) is 0 Å². The van der Waals surface area contributed by atoms with Crippen LogP contribution in [0.25, 0.3) is 0 Å².